The molecule has 106 valence electrons. The third kappa shape index (κ3) is 3.28. The van der Waals surface area contributed by atoms with Crippen LogP contribution in [0.25, 0.3) is 0 Å². The van der Waals surface area contributed by atoms with Crippen LogP contribution < -0.4 is 10.1 Å². The first-order valence-electron chi connectivity index (χ1n) is 6.20. The Morgan fingerprint density at radius 2 is 2.00 bits per heavy atom. The van der Waals surface area contributed by atoms with Gasteiger partial charge in [0.05, 0.1) is 23.3 Å². The molecule has 0 unspecified atom stereocenters. The number of anilines is 1. The van der Waals surface area contributed by atoms with Crippen molar-refractivity contribution in [3.05, 3.63) is 63.7 Å². The summed E-state index contributed by atoms with van der Waals surface area (Å²) in [7, 11) is 1.54. The highest BCUT2D eigenvalue weighted by Crippen LogP contribution is 2.28. The highest BCUT2D eigenvalue weighted by molar-refractivity contribution is 5.66. The molecule has 0 aliphatic heterocycles. The van der Waals surface area contributed by atoms with E-state index in [2.05, 4.69) is 11.4 Å². The summed E-state index contributed by atoms with van der Waals surface area (Å²) in [5.41, 5.74) is 2.02. The average Bonchev–Trinajstić information content (AvgIpc) is 2.52. The smallest absolute Gasteiger partial charge is 0.269 e. The molecule has 0 spiro atoms. The van der Waals surface area contributed by atoms with Crippen LogP contribution in [0, 0.1) is 21.4 Å². The standard InChI is InChI=1S/C15H13N3O3/c1-21-14-4-2-3-12(9-16)15(14)17-10-11-5-7-13(8-6-11)18(19)20/h2-8,17H,10H2,1H3. The van der Waals surface area contributed by atoms with E-state index in [0.29, 0.717) is 23.5 Å². The minimum atomic E-state index is -0.439. The Morgan fingerprint density at radius 1 is 1.29 bits per heavy atom. The van der Waals surface area contributed by atoms with Gasteiger partial charge in [-0.25, -0.2) is 0 Å². The number of hydrogen-bond acceptors (Lipinski definition) is 5. The maximum atomic E-state index is 10.6. The number of methoxy groups -OCH3 is 1. The van der Waals surface area contributed by atoms with Crippen LogP contribution in [-0.2, 0) is 6.54 Å². The molecule has 0 bridgehead atoms. The first-order valence-corrected chi connectivity index (χ1v) is 6.20. The Bertz CT molecular complexity index is 690. The molecule has 0 aromatic heterocycles. The molecule has 0 amide bonds. The predicted octanol–water partition coefficient (Wildman–Crippen LogP) is 3.09. The zero-order chi connectivity index (χ0) is 15.2. The van der Waals surface area contributed by atoms with E-state index in [-0.39, 0.29) is 5.69 Å². The number of benzene rings is 2. The lowest BCUT2D eigenvalue weighted by atomic mass is 10.1. The molecule has 2 aromatic rings. The maximum Gasteiger partial charge on any atom is 0.269 e. The summed E-state index contributed by atoms with van der Waals surface area (Å²) in [4.78, 5) is 10.2. The van der Waals surface area contributed by atoms with Gasteiger partial charge in [0.1, 0.15) is 11.8 Å². The van der Waals surface area contributed by atoms with Crippen molar-refractivity contribution in [2.45, 2.75) is 6.54 Å². The summed E-state index contributed by atoms with van der Waals surface area (Å²) in [5.74, 6) is 0.580. The molecular formula is C15H13N3O3. The number of hydrogen-bond donors (Lipinski definition) is 1. The fourth-order valence-electron chi connectivity index (χ4n) is 1.90. The summed E-state index contributed by atoms with van der Waals surface area (Å²) < 4.78 is 5.22. The molecule has 6 heteroatoms. The number of ether oxygens (including phenoxy) is 1. The number of nitrogens with one attached hydrogen (secondary N) is 1. The van der Waals surface area contributed by atoms with Crippen LogP contribution in [0.4, 0.5) is 11.4 Å². The van der Waals surface area contributed by atoms with Gasteiger partial charge in [-0.2, -0.15) is 5.26 Å². The van der Waals surface area contributed by atoms with Crippen molar-refractivity contribution < 1.29 is 9.66 Å². The van der Waals surface area contributed by atoms with E-state index in [4.69, 9.17) is 10.00 Å². The summed E-state index contributed by atoms with van der Waals surface area (Å²) in [6.45, 7) is 0.438. The minimum Gasteiger partial charge on any atom is -0.495 e. The minimum absolute atomic E-state index is 0.0498. The van der Waals surface area contributed by atoms with Crippen LogP contribution in [0.1, 0.15) is 11.1 Å². The summed E-state index contributed by atoms with van der Waals surface area (Å²) in [6.07, 6.45) is 0. The van der Waals surface area contributed by atoms with Crippen molar-refractivity contribution in [3.63, 3.8) is 0 Å². The average molecular weight is 283 g/mol. The van der Waals surface area contributed by atoms with Gasteiger partial charge in [-0.05, 0) is 17.7 Å². The number of nitro groups is 1. The van der Waals surface area contributed by atoms with Gasteiger partial charge in [-0.15, -0.1) is 0 Å². The molecule has 0 heterocycles. The molecule has 2 rings (SSSR count). The topological polar surface area (TPSA) is 88.2 Å². The molecule has 6 nitrogen and oxygen atoms in total. The second-order valence-electron chi connectivity index (χ2n) is 4.27. The monoisotopic (exact) mass is 283 g/mol. The van der Waals surface area contributed by atoms with Crippen LogP contribution in [0.3, 0.4) is 0 Å². The van der Waals surface area contributed by atoms with E-state index in [1.165, 1.54) is 19.2 Å². The molecular weight excluding hydrogens is 270 g/mol. The second kappa shape index (κ2) is 6.39. The highest BCUT2D eigenvalue weighted by Gasteiger charge is 2.09. The van der Waals surface area contributed by atoms with Crippen LogP contribution in [-0.4, -0.2) is 12.0 Å². The number of non-ortho nitro benzene ring substituents is 1. The van der Waals surface area contributed by atoms with Crippen molar-refractivity contribution in [2.24, 2.45) is 0 Å². The lowest BCUT2D eigenvalue weighted by Crippen LogP contribution is -2.03. The Kier molecular flexibility index (Phi) is 4.36. The van der Waals surface area contributed by atoms with Gasteiger partial charge in [-0.3, -0.25) is 10.1 Å². The van der Waals surface area contributed by atoms with Crippen molar-refractivity contribution in [1.29, 1.82) is 5.26 Å². The van der Waals surface area contributed by atoms with E-state index in [1.54, 1.807) is 30.3 Å². The molecule has 2 aromatic carbocycles. The van der Waals surface area contributed by atoms with Crippen LogP contribution in [0.5, 0.6) is 5.75 Å². The molecule has 21 heavy (non-hydrogen) atoms. The zero-order valence-electron chi connectivity index (χ0n) is 11.4. The number of rotatable bonds is 5. The lowest BCUT2D eigenvalue weighted by Gasteiger charge is -2.12. The fraction of sp³-hybridized carbons (Fsp3) is 0.133. The number of nitro benzene ring substituents is 1. The van der Waals surface area contributed by atoms with Gasteiger partial charge in [0, 0.05) is 18.7 Å². The zero-order valence-corrected chi connectivity index (χ0v) is 11.4. The Morgan fingerprint density at radius 3 is 2.57 bits per heavy atom. The van der Waals surface area contributed by atoms with Gasteiger partial charge < -0.3 is 10.1 Å². The summed E-state index contributed by atoms with van der Waals surface area (Å²) in [6, 6.07) is 13.5. The third-order valence-corrected chi connectivity index (χ3v) is 2.98. The van der Waals surface area contributed by atoms with Crippen LogP contribution in [0.2, 0.25) is 0 Å². The Hall–Kier alpha value is -3.07. The first kappa shape index (κ1) is 14.3. The molecule has 0 saturated heterocycles. The quantitative estimate of drug-likeness (QED) is 0.673. The summed E-state index contributed by atoms with van der Waals surface area (Å²) in [5, 5.41) is 22.8. The maximum absolute atomic E-state index is 10.6. The van der Waals surface area contributed by atoms with E-state index < -0.39 is 4.92 Å². The van der Waals surface area contributed by atoms with Crippen LogP contribution >= 0.6 is 0 Å². The number of nitriles is 1. The highest BCUT2D eigenvalue weighted by atomic mass is 16.6. The molecule has 0 atom stereocenters. The third-order valence-electron chi connectivity index (χ3n) is 2.98. The molecule has 0 aliphatic carbocycles. The summed E-state index contributed by atoms with van der Waals surface area (Å²) >= 11 is 0. The van der Waals surface area contributed by atoms with Gasteiger partial charge in [0.15, 0.2) is 0 Å². The van der Waals surface area contributed by atoms with E-state index in [9.17, 15) is 10.1 Å². The van der Waals surface area contributed by atoms with Gasteiger partial charge in [0.2, 0.25) is 0 Å². The second-order valence-corrected chi connectivity index (χ2v) is 4.27. The molecule has 0 aliphatic rings. The van der Waals surface area contributed by atoms with Gasteiger partial charge >= 0.3 is 0 Å². The molecule has 0 fully saturated rings. The Balaban J connectivity index is 2.16. The largest absolute Gasteiger partial charge is 0.495 e. The van der Waals surface area contributed by atoms with Crippen molar-refractivity contribution >= 4 is 11.4 Å². The number of nitrogens with zero attached hydrogens (tertiary/aromatic N) is 2. The molecule has 0 saturated carbocycles. The van der Waals surface area contributed by atoms with Gasteiger partial charge in [0.25, 0.3) is 5.69 Å². The lowest BCUT2D eigenvalue weighted by molar-refractivity contribution is -0.384. The van der Waals surface area contributed by atoms with E-state index >= 15 is 0 Å². The molecule has 0 radical (unpaired) electrons. The van der Waals surface area contributed by atoms with Crippen LogP contribution in [0.15, 0.2) is 42.5 Å². The fourth-order valence-corrected chi connectivity index (χ4v) is 1.90. The van der Waals surface area contributed by atoms with E-state index in [0.717, 1.165) is 5.56 Å². The Labute approximate surface area is 121 Å². The van der Waals surface area contributed by atoms with E-state index in [1.807, 2.05) is 0 Å². The number of para-hydroxylation sites is 1. The predicted molar refractivity (Wildman–Crippen MR) is 78.1 cm³/mol. The normalized spacial score (nSPS) is 9.71. The first-order chi connectivity index (χ1) is 10.2. The van der Waals surface area contributed by atoms with Gasteiger partial charge in [-0.1, -0.05) is 18.2 Å². The molecule has 1 N–H and O–H groups in total. The van der Waals surface area contributed by atoms with Crippen molar-refractivity contribution in [1.82, 2.24) is 0 Å². The van der Waals surface area contributed by atoms with Crippen molar-refractivity contribution in [3.8, 4) is 11.8 Å². The SMILES string of the molecule is COc1cccc(C#N)c1NCc1ccc([N+](=O)[O-])cc1. The van der Waals surface area contributed by atoms with Crippen molar-refractivity contribution in [2.75, 3.05) is 12.4 Å².